The third-order valence-electron chi connectivity index (χ3n) is 6.80. The van der Waals surface area contributed by atoms with E-state index >= 15 is 0 Å². The Morgan fingerprint density at radius 2 is 1.40 bits per heavy atom. The molecule has 0 unspecified atom stereocenters. The number of hydrogen-bond acceptors (Lipinski definition) is 4. The van der Waals surface area contributed by atoms with Crippen LogP contribution < -0.4 is 28.7 Å². The fraction of sp³-hybridized carbons (Fsp3) is 0.212. The van der Waals surface area contributed by atoms with Crippen molar-refractivity contribution in [2.45, 2.75) is 19.9 Å². The van der Waals surface area contributed by atoms with E-state index in [2.05, 4.69) is 57.4 Å². The number of benzene rings is 4. The molecule has 0 aliphatic rings. The van der Waals surface area contributed by atoms with E-state index in [1.165, 1.54) is 11.1 Å². The third-order valence-corrected chi connectivity index (χ3v) is 6.80. The molecule has 0 atom stereocenters. The summed E-state index contributed by atoms with van der Waals surface area (Å²) >= 11 is 0. The summed E-state index contributed by atoms with van der Waals surface area (Å²) in [6.07, 6.45) is 0.861. The van der Waals surface area contributed by atoms with Crippen LogP contribution in [0.15, 0.2) is 103 Å². The second-order valence-corrected chi connectivity index (χ2v) is 10.2. The number of aromatic hydroxyl groups is 1. The van der Waals surface area contributed by atoms with E-state index in [1.54, 1.807) is 24.3 Å². The van der Waals surface area contributed by atoms with Crippen LogP contribution in [0.1, 0.15) is 35.6 Å². The van der Waals surface area contributed by atoms with E-state index in [0.717, 1.165) is 47.5 Å². The minimum Gasteiger partial charge on any atom is -1.00 e. The summed E-state index contributed by atoms with van der Waals surface area (Å²) in [4.78, 5) is 10.5. The Hall–Kier alpha value is -3.69. The van der Waals surface area contributed by atoms with E-state index in [4.69, 9.17) is 4.74 Å². The number of halogens is 1. The normalized spacial score (nSPS) is 11.8. The number of ether oxygens (including phenoxy) is 1. The van der Waals surface area contributed by atoms with Crippen LogP contribution in [0.3, 0.4) is 0 Å². The molecule has 40 heavy (non-hydrogen) atoms. The Bertz CT molecular complexity index is 1420. The summed E-state index contributed by atoms with van der Waals surface area (Å²) in [6, 6.07) is 32.7. The zero-order valence-electron chi connectivity index (χ0n) is 23.1. The van der Waals surface area contributed by atoms with Gasteiger partial charge in [-0.2, -0.15) is 0 Å². The lowest BCUT2D eigenvalue weighted by Crippen LogP contribution is -3.00. The van der Waals surface area contributed by atoms with Gasteiger partial charge in [-0.3, -0.25) is 10.1 Å². The molecule has 208 valence electrons. The second kappa shape index (κ2) is 14.1. The lowest BCUT2D eigenvalue weighted by Gasteiger charge is -2.29. The summed E-state index contributed by atoms with van der Waals surface area (Å²) in [5, 5.41) is 20.8. The van der Waals surface area contributed by atoms with Crippen molar-refractivity contribution in [1.29, 1.82) is 0 Å². The van der Waals surface area contributed by atoms with Crippen molar-refractivity contribution in [3.8, 4) is 11.5 Å². The molecule has 0 aliphatic heterocycles. The SMILES string of the molecule is CC/C(=C(/c1ccc(O)cc1)c1ccc(OCC[N+](C)(C)Cc2ccc([N+](=O)[O-])cc2)cc1)c1ccccc1.[I-]. The van der Waals surface area contributed by atoms with Crippen molar-refractivity contribution in [2.75, 3.05) is 27.2 Å². The number of phenolic OH excluding ortho intramolecular Hbond substituents is 1. The van der Waals surface area contributed by atoms with Crippen LogP contribution in [0, 0.1) is 10.1 Å². The molecule has 0 spiro atoms. The zero-order chi connectivity index (χ0) is 27.8. The van der Waals surface area contributed by atoms with E-state index in [9.17, 15) is 15.2 Å². The first kappa shape index (κ1) is 30.8. The number of rotatable bonds is 11. The van der Waals surface area contributed by atoms with E-state index in [0.29, 0.717) is 11.1 Å². The van der Waals surface area contributed by atoms with Crippen molar-refractivity contribution in [2.24, 2.45) is 0 Å². The highest BCUT2D eigenvalue weighted by Crippen LogP contribution is 2.35. The Morgan fingerprint density at radius 1 is 0.825 bits per heavy atom. The van der Waals surface area contributed by atoms with Gasteiger partial charge >= 0.3 is 0 Å². The molecule has 7 heteroatoms. The monoisotopic (exact) mass is 650 g/mol. The smallest absolute Gasteiger partial charge is 0.269 e. The fourth-order valence-electron chi connectivity index (χ4n) is 4.73. The summed E-state index contributed by atoms with van der Waals surface area (Å²) in [7, 11) is 4.25. The molecule has 1 N–H and O–H groups in total. The van der Waals surface area contributed by atoms with Gasteiger partial charge in [-0.1, -0.05) is 61.5 Å². The molecule has 6 nitrogen and oxygen atoms in total. The molecule has 0 amide bonds. The number of likely N-dealkylation sites (N-methyl/N-ethyl adjacent to an activating group) is 1. The minimum atomic E-state index is -0.378. The highest BCUT2D eigenvalue weighted by atomic mass is 127. The van der Waals surface area contributed by atoms with Gasteiger partial charge in [0.2, 0.25) is 0 Å². The number of non-ortho nitro benzene ring substituents is 1. The van der Waals surface area contributed by atoms with Crippen molar-refractivity contribution in [3.63, 3.8) is 0 Å². The predicted molar refractivity (Wildman–Crippen MR) is 156 cm³/mol. The van der Waals surface area contributed by atoms with E-state index < -0.39 is 0 Å². The number of phenols is 1. The molecule has 0 aromatic heterocycles. The molecule has 0 bridgehead atoms. The van der Waals surface area contributed by atoms with E-state index in [-0.39, 0.29) is 40.3 Å². The number of allylic oxidation sites excluding steroid dienone is 1. The first-order valence-corrected chi connectivity index (χ1v) is 13.1. The topological polar surface area (TPSA) is 72.6 Å². The first-order chi connectivity index (χ1) is 18.8. The largest absolute Gasteiger partial charge is 1.00 e. The maximum Gasteiger partial charge on any atom is 0.269 e. The number of hydrogen-bond donors (Lipinski definition) is 1. The number of quaternary nitrogens is 1. The van der Waals surface area contributed by atoms with Gasteiger partial charge in [-0.15, -0.1) is 0 Å². The summed E-state index contributed by atoms with van der Waals surface area (Å²) in [6.45, 7) is 4.24. The highest BCUT2D eigenvalue weighted by molar-refractivity contribution is 5.98. The van der Waals surface area contributed by atoms with Crippen LogP contribution >= 0.6 is 0 Å². The van der Waals surface area contributed by atoms with Crippen molar-refractivity contribution in [3.05, 3.63) is 135 Å². The fourth-order valence-corrected chi connectivity index (χ4v) is 4.73. The van der Waals surface area contributed by atoms with Gasteiger partial charge in [0.1, 0.15) is 31.2 Å². The summed E-state index contributed by atoms with van der Waals surface area (Å²) in [5.74, 6) is 1.05. The Labute approximate surface area is 253 Å². The average Bonchev–Trinajstić information content (AvgIpc) is 2.93. The number of nitro benzene ring substituents is 1. The summed E-state index contributed by atoms with van der Waals surface area (Å²) in [5.41, 5.74) is 6.84. The van der Waals surface area contributed by atoms with Gasteiger partial charge in [-0.25, -0.2) is 0 Å². The molecule has 0 radical (unpaired) electrons. The maximum atomic E-state index is 10.9. The van der Waals surface area contributed by atoms with Gasteiger partial charge in [0.05, 0.1) is 19.0 Å². The molecule has 0 heterocycles. The van der Waals surface area contributed by atoms with Gasteiger partial charge in [-0.05, 0) is 70.7 Å². The quantitative estimate of drug-likeness (QED) is 0.0864. The van der Waals surface area contributed by atoms with Crippen LogP contribution in [0.25, 0.3) is 11.1 Å². The molecular weight excluding hydrogens is 615 g/mol. The maximum absolute atomic E-state index is 10.9. The lowest BCUT2D eigenvalue weighted by atomic mass is 9.88. The Balaban J connectivity index is 0.00000441. The zero-order valence-corrected chi connectivity index (χ0v) is 25.2. The van der Waals surface area contributed by atoms with Crippen LogP contribution in [0.5, 0.6) is 11.5 Å². The molecule has 0 saturated carbocycles. The summed E-state index contributed by atoms with van der Waals surface area (Å²) < 4.78 is 6.80. The van der Waals surface area contributed by atoms with Gasteiger partial charge in [0.25, 0.3) is 5.69 Å². The molecule has 0 fully saturated rings. The number of nitrogens with zero attached hydrogens (tertiary/aromatic N) is 2. The standard InChI is InChI=1S/C33H34N2O4.HI/c1-4-32(26-8-6-5-7-9-26)33(27-12-18-30(36)19-13-27)28-14-20-31(21-15-28)39-23-22-35(2,3)24-25-10-16-29(17-11-25)34(37)38;/h5-21H,4,22-24H2,1-3H3;1H/b33-32+;. The minimum absolute atomic E-state index is 0. The van der Waals surface area contributed by atoms with Crippen molar-refractivity contribution in [1.82, 2.24) is 0 Å². The van der Waals surface area contributed by atoms with Crippen molar-refractivity contribution >= 4 is 16.8 Å². The molecule has 4 rings (SSSR count). The van der Waals surface area contributed by atoms with Crippen LogP contribution in [0.2, 0.25) is 0 Å². The molecule has 4 aromatic carbocycles. The van der Waals surface area contributed by atoms with Crippen LogP contribution in [-0.2, 0) is 6.54 Å². The van der Waals surface area contributed by atoms with Gasteiger partial charge < -0.3 is 38.3 Å². The molecule has 0 saturated heterocycles. The van der Waals surface area contributed by atoms with Crippen molar-refractivity contribution < 1.29 is 43.2 Å². The lowest BCUT2D eigenvalue weighted by molar-refractivity contribution is -0.903. The van der Waals surface area contributed by atoms with Crippen LogP contribution in [-0.4, -0.2) is 41.8 Å². The third kappa shape index (κ3) is 8.16. The van der Waals surface area contributed by atoms with Crippen LogP contribution in [0.4, 0.5) is 5.69 Å². The Kier molecular flexibility index (Phi) is 10.9. The van der Waals surface area contributed by atoms with Gasteiger partial charge in [0.15, 0.2) is 0 Å². The van der Waals surface area contributed by atoms with Gasteiger partial charge in [0, 0.05) is 17.7 Å². The molecule has 0 aliphatic carbocycles. The molecule has 4 aromatic rings. The second-order valence-electron chi connectivity index (χ2n) is 10.2. The predicted octanol–water partition coefficient (Wildman–Crippen LogP) is 4.33. The van der Waals surface area contributed by atoms with E-state index in [1.807, 2.05) is 42.5 Å². The Morgan fingerprint density at radius 3 is 1.95 bits per heavy atom. The molecular formula is C33H35IN2O4. The number of nitro groups is 1. The highest BCUT2D eigenvalue weighted by Gasteiger charge is 2.18. The first-order valence-electron chi connectivity index (χ1n) is 13.1. The average molecular weight is 651 g/mol.